The number of hydrogen-bond donors (Lipinski definition) is 3. The third-order valence-electron chi connectivity index (χ3n) is 4.86. The molecule has 1 aromatic carbocycles. The van der Waals surface area contributed by atoms with E-state index in [2.05, 4.69) is 15.6 Å². The summed E-state index contributed by atoms with van der Waals surface area (Å²) in [6.45, 7) is 0.469. The highest BCUT2D eigenvalue weighted by molar-refractivity contribution is 7.90. The molecule has 0 saturated carbocycles. The summed E-state index contributed by atoms with van der Waals surface area (Å²) in [6.07, 6.45) is 5.04. The summed E-state index contributed by atoms with van der Waals surface area (Å²) in [6, 6.07) is 10.1. The summed E-state index contributed by atoms with van der Waals surface area (Å²) >= 11 is 0. The Morgan fingerprint density at radius 3 is 2.61 bits per heavy atom. The first-order valence-corrected chi connectivity index (χ1v) is 11.5. The number of benzene rings is 1. The van der Waals surface area contributed by atoms with Crippen LogP contribution in [0.3, 0.4) is 0 Å². The molecule has 174 valence electrons. The molecule has 3 heterocycles. The van der Waals surface area contributed by atoms with E-state index in [1.807, 2.05) is 0 Å². The molecule has 0 bridgehead atoms. The van der Waals surface area contributed by atoms with Gasteiger partial charge in [0.1, 0.15) is 16.8 Å². The molecule has 0 unspecified atom stereocenters. The van der Waals surface area contributed by atoms with Gasteiger partial charge in [0.25, 0.3) is 10.0 Å². The highest BCUT2D eigenvalue weighted by Crippen LogP contribution is 2.28. The van der Waals surface area contributed by atoms with Crippen molar-refractivity contribution in [2.75, 3.05) is 7.05 Å². The number of aliphatic carboxylic acids is 1. The second kappa shape index (κ2) is 10.4. The Balaban J connectivity index is 0.000000286. The third kappa shape index (κ3) is 5.62. The number of halogens is 1. The van der Waals surface area contributed by atoms with Crippen LogP contribution in [-0.4, -0.2) is 47.4 Å². The van der Waals surface area contributed by atoms with E-state index in [1.54, 1.807) is 37.4 Å². The molecule has 1 aliphatic rings. The molecule has 1 atom stereocenters. The number of pyridine rings is 1. The number of carboxylic acids is 1. The molecule has 0 radical (unpaired) electrons. The van der Waals surface area contributed by atoms with Crippen LogP contribution in [0.4, 0.5) is 4.39 Å². The number of amides is 1. The number of carbonyl (C=O) groups excluding carboxylic acids is 1. The summed E-state index contributed by atoms with van der Waals surface area (Å²) in [5, 5.41) is 13.6. The minimum atomic E-state index is -3.87. The van der Waals surface area contributed by atoms with Crippen molar-refractivity contribution in [1.82, 2.24) is 19.6 Å². The lowest BCUT2D eigenvalue weighted by Crippen LogP contribution is -2.32. The molecular formula is C22H23FN4O5S. The van der Waals surface area contributed by atoms with E-state index < -0.39 is 27.9 Å². The number of nitrogens with one attached hydrogen (secondary N) is 2. The standard InChI is InChI=1S/C17H16FN3O2S.C5H7NO3/c1-19-10-13-9-17(15-6-2-3-7-16(15)18)21(12-13)24(22,23)14-5-4-8-20-11-14;7-4-2-1-3(6-4)5(8)9/h2-9,11-12,19H,10H2,1H3;3H,1-2H2,(H,6,7)(H,8,9)/t;3-/m.0/s1. The Bertz CT molecular complexity index is 1240. The van der Waals surface area contributed by atoms with Crippen molar-refractivity contribution < 1.29 is 27.5 Å². The Morgan fingerprint density at radius 2 is 2.06 bits per heavy atom. The van der Waals surface area contributed by atoms with Crippen LogP contribution in [0.25, 0.3) is 11.3 Å². The molecule has 1 saturated heterocycles. The number of hydrogen-bond acceptors (Lipinski definition) is 6. The fourth-order valence-electron chi connectivity index (χ4n) is 3.27. The average Bonchev–Trinajstić information content (AvgIpc) is 3.42. The summed E-state index contributed by atoms with van der Waals surface area (Å²) in [5.74, 6) is -1.59. The molecule has 11 heteroatoms. The predicted molar refractivity (Wildman–Crippen MR) is 118 cm³/mol. The minimum absolute atomic E-state index is 0.0502. The van der Waals surface area contributed by atoms with Gasteiger partial charge >= 0.3 is 5.97 Å². The van der Waals surface area contributed by atoms with E-state index >= 15 is 0 Å². The Kier molecular flexibility index (Phi) is 7.56. The summed E-state index contributed by atoms with van der Waals surface area (Å²) in [4.78, 5) is 24.4. The van der Waals surface area contributed by atoms with Crippen molar-refractivity contribution in [2.45, 2.75) is 30.3 Å². The highest BCUT2D eigenvalue weighted by Gasteiger charge is 2.26. The molecule has 1 fully saturated rings. The van der Waals surface area contributed by atoms with Crippen LogP contribution in [-0.2, 0) is 26.2 Å². The molecule has 3 N–H and O–H groups in total. The molecule has 4 rings (SSSR count). The second-order valence-corrected chi connectivity index (χ2v) is 9.05. The molecule has 0 spiro atoms. The van der Waals surface area contributed by atoms with E-state index in [-0.39, 0.29) is 22.1 Å². The monoisotopic (exact) mass is 474 g/mol. The molecular weight excluding hydrogens is 451 g/mol. The SMILES string of the molecule is CNCc1cc(-c2ccccc2F)n(S(=O)(=O)c2cccnc2)c1.O=C1CC[C@@H](C(=O)O)N1. The normalized spacial score (nSPS) is 15.5. The van der Waals surface area contributed by atoms with Gasteiger partial charge in [0.2, 0.25) is 5.91 Å². The number of nitrogens with zero attached hydrogens (tertiary/aromatic N) is 2. The third-order valence-corrected chi connectivity index (χ3v) is 6.52. The lowest BCUT2D eigenvalue weighted by molar-refractivity contribution is -0.140. The van der Waals surface area contributed by atoms with Gasteiger partial charge in [0, 0.05) is 37.1 Å². The van der Waals surface area contributed by atoms with Gasteiger partial charge in [-0.05, 0) is 49.4 Å². The summed E-state index contributed by atoms with van der Waals surface area (Å²) in [5.41, 5.74) is 1.25. The van der Waals surface area contributed by atoms with E-state index in [1.165, 1.54) is 30.7 Å². The topological polar surface area (TPSA) is 130 Å². The maximum absolute atomic E-state index is 14.2. The van der Waals surface area contributed by atoms with Crippen molar-refractivity contribution in [1.29, 1.82) is 0 Å². The number of aromatic nitrogens is 2. The Hall–Kier alpha value is -3.57. The smallest absolute Gasteiger partial charge is 0.326 e. The van der Waals surface area contributed by atoms with E-state index in [0.29, 0.717) is 19.4 Å². The van der Waals surface area contributed by atoms with Gasteiger partial charge < -0.3 is 15.7 Å². The van der Waals surface area contributed by atoms with Crippen LogP contribution in [0.2, 0.25) is 0 Å². The first-order valence-electron chi connectivity index (χ1n) is 10.0. The molecule has 0 aliphatic carbocycles. The molecule has 1 aliphatic heterocycles. The van der Waals surface area contributed by atoms with Crippen LogP contribution in [0, 0.1) is 5.82 Å². The molecule has 33 heavy (non-hydrogen) atoms. The first kappa shape index (κ1) is 24.1. The molecule has 2 aromatic heterocycles. The predicted octanol–water partition coefficient (Wildman–Crippen LogP) is 2.00. The van der Waals surface area contributed by atoms with Crippen molar-refractivity contribution >= 4 is 21.9 Å². The van der Waals surface area contributed by atoms with Crippen LogP contribution in [0.15, 0.2) is 66.0 Å². The van der Waals surface area contributed by atoms with Crippen LogP contribution < -0.4 is 10.6 Å². The van der Waals surface area contributed by atoms with E-state index in [4.69, 9.17) is 5.11 Å². The van der Waals surface area contributed by atoms with Gasteiger partial charge in [-0.3, -0.25) is 9.78 Å². The van der Waals surface area contributed by atoms with Crippen LogP contribution in [0.1, 0.15) is 18.4 Å². The number of carboxylic acid groups (broad SMARTS) is 1. The van der Waals surface area contributed by atoms with Gasteiger partial charge in [-0.15, -0.1) is 0 Å². The van der Waals surface area contributed by atoms with Crippen molar-refractivity contribution in [2.24, 2.45) is 0 Å². The maximum atomic E-state index is 14.2. The zero-order chi connectivity index (χ0) is 24.0. The molecule has 3 aromatic rings. The number of carbonyl (C=O) groups is 2. The largest absolute Gasteiger partial charge is 0.480 e. The van der Waals surface area contributed by atoms with Gasteiger partial charge in [0.15, 0.2) is 0 Å². The van der Waals surface area contributed by atoms with Gasteiger partial charge in [0.05, 0.1) is 5.69 Å². The number of rotatable bonds is 6. The minimum Gasteiger partial charge on any atom is -0.480 e. The zero-order valence-electron chi connectivity index (χ0n) is 17.7. The average molecular weight is 475 g/mol. The quantitative estimate of drug-likeness (QED) is 0.498. The molecule has 1 amide bonds. The van der Waals surface area contributed by atoms with Crippen LogP contribution >= 0.6 is 0 Å². The van der Waals surface area contributed by atoms with Crippen molar-refractivity contribution in [3.8, 4) is 11.3 Å². The molecule has 9 nitrogen and oxygen atoms in total. The lowest BCUT2D eigenvalue weighted by Gasteiger charge is -2.10. The summed E-state index contributed by atoms with van der Waals surface area (Å²) < 4.78 is 41.2. The maximum Gasteiger partial charge on any atom is 0.326 e. The zero-order valence-corrected chi connectivity index (χ0v) is 18.5. The van der Waals surface area contributed by atoms with Crippen molar-refractivity contribution in [3.05, 3.63) is 72.4 Å². The lowest BCUT2D eigenvalue weighted by atomic mass is 10.1. The highest BCUT2D eigenvalue weighted by atomic mass is 32.2. The summed E-state index contributed by atoms with van der Waals surface area (Å²) in [7, 11) is -2.11. The fraction of sp³-hybridized carbons (Fsp3) is 0.227. The fourth-order valence-corrected chi connectivity index (χ4v) is 4.63. The van der Waals surface area contributed by atoms with Gasteiger partial charge in [-0.25, -0.2) is 21.6 Å². The van der Waals surface area contributed by atoms with E-state index in [9.17, 15) is 22.4 Å². The second-order valence-electron chi connectivity index (χ2n) is 7.23. The van der Waals surface area contributed by atoms with E-state index in [0.717, 1.165) is 9.54 Å². The van der Waals surface area contributed by atoms with Gasteiger partial charge in [-0.2, -0.15) is 0 Å². The van der Waals surface area contributed by atoms with Crippen molar-refractivity contribution in [3.63, 3.8) is 0 Å². The Labute approximate surface area is 190 Å². The van der Waals surface area contributed by atoms with Gasteiger partial charge in [-0.1, -0.05) is 12.1 Å². The Morgan fingerprint density at radius 1 is 1.30 bits per heavy atom. The van der Waals surface area contributed by atoms with Crippen LogP contribution in [0.5, 0.6) is 0 Å². The first-order chi connectivity index (χ1) is 15.7.